The Labute approximate surface area is 216 Å². The Morgan fingerprint density at radius 2 is 1.80 bits per heavy atom. The fourth-order valence-corrected chi connectivity index (χ4v) is 4.29. The average molecular weight is 576 g/mol. The number of hydrogen-bond acceptors (Lipinski definition) is 5. The van der Waals surface area contributed by atoms with Gasteiger partial charge < -0.3 is 19.9 Å². The highest BCUT2D eigenvalue weighted by atomic mass is 127. The maximum atomic E-state index is 12.6. The molecule has 7 heteroatoms. The Bertz CT molecular complexity index is 1460. The maximum Gasteiger partial charge on any atom is 0.266 e. The maximum absolute atomic E-state index is 12.6. The van der Waals surface area contributed by atoms with Crippen molar-refractivity contribution >= 4 is 51.0 Å². The number of ether oxygens (including phenoxy) is 2. The van der Waals surface area contributed by atoms with Gasteiger partial charge in [0, 0.05) is 5.69 Å². The number of fused-ring (bicyclic) bond motifs is 1. The molecule has 2 N–H and O–H groups in total. The number of phenolic OH excluding ortho intramolecular Hbond substituents is 1. The van der Waals surface area contributed by atoms with Crippen molar-refractivity contribution in [2.24, 2.45) is 0 Å². The minimum atomic E-state index is -0.552. The molecule has 0 saturated carbocycles. The van der Waals surface area contributed by atoms with Gasteiger partial charge >= 0.3 is 0 Å². The second-order valence-electron chi connectivity index (χ2n) is 7.68. The van der Waals surface area contributed by atoms with Crippen molar-refractivity contribution < 1.29 is 19.4 Å². The molecule has 35 heavy (non-hydrogen) atoms. The van der Waals surface area contributed by atoms with Gasteiger partial charge in [-0.25, -0.2) is 0 Å². The minimum Gasteiger partial charge on any atom is -0.508 e. The molecule has 0 bridgehead atoms. The molecule has 0 aromatic heterocycles. The molecule has 0 aliphatic rings. The minimum absolute atomic E-state index is 0.0687. The Morgan fingerprint density at radius 3 is 2.51 bits per heavy atom. The van der Waals surface area contributed by atoms with E-state index < -0.39 is 5.91 Å². The molecular formula is C28H21IN2O4. The summed E-state index contributed by atoms with van der Waals surface area (Å²) in [4.78, 5) is 12.6. The molecule has 0 fully saturated rings. The van der Waals surface area contributed by atoms with Crippen molar-refractivity contribution in [2.45, 2.75) is 6.61 Å². The van der Waals surface area contributed by atoms with Crippen molar-refractivity contribution in [1.29, 1.82) is 5.26 Å². The molecule has 1 amide bonds. The van der Waals surface area contributed by atoms with Crippen LogP contribution in [0, 0.1) is 14.9 Å². The van der Waals surface area contributed by atoms with Crippen LogP contribution in [0.2, 0.25) is 0 Å². The second kappa shape index (κ2) is 10.9. The summed E-state index contributed by atoms with van der Waals surface area (Å²) in [5.41, 5.74) is 2.06. The van der Waals surface area contributed by atoms with Crippen molar-refractivity contribution in [3.63, 3.8) is 0 Å². The molecule has 0 saturated heterocycles. The van der Waals surface area contributed by atoms with Crippen molar-refractivity contribution in [2.75, 3.05) is 12.4 Å². The van der Waals surface area contributed by atoms with E-state index in [9.17, 15) is 15.2 Å². The summed E-state index contributed by atoms with van der Waals surface area (Å²) in [6.45, 7) is 0.366. The lowest BCUT2D eigenvalue weighted by Gasteiger charge is -2.14. The first-order chi connectivity index (χ1) is 17.0. The number of anilines is 1. The molecule has 0 atom stereocenters. The number of carbonyl (C=O) groups is 1. The number of halogens is 1. The third-order valence-electron chi connectivity index (χ3n) is 5.25. The molecule has 0 aliphatic heterocycles. The van der Waals surface area contributed by atoms with Crippen LogP contribution >= 0.6 is 22.6 Å². The first-order valence-corrected chi connectivity index (χ1v) is 11.7. The van der Waals surface area contributed by atoms with E-state index in [0.29, 0.717) is 29.4 Å². The number of nitrogens with one attached hydrogen (secondary N) is 1. The first kappa shape index (κ1) is 24.1. The number of nitriles is 1. The van der Waals surface area contributed by atoms with E-state index >= 15 is 0 Å². The molecule has 0 unspecified atom stereocenters. The predicted octanol–water partition coefficient (Wildman–Crippen LogP) is 6.28. The molecular weight excluding hydrogens is 555 g/mol. The van der Waals surface area contributed by atoms with Gasteiger partial charge in [0.1, 0.15) is 24.0 Å². The van der Waals surface area contributed by atoms with Crippen molar-refractivity contribution in [1.82, 2.24) is 0 Å². The van der Waals surface area contributed by atoms with Gasteiger partial charge in [0.15, 0.2) is 11.5 Å². The van der Waals surface area contributed by atoms with Crippen LogP contribution in [0.1, 0.15) is 11.1 Å². The van der Waals surface area contributed by atoms with E-state index in [1.165, 1.54) is 23.6 Å². The van der Waals surface area contributed by atoms with Crippen LogP contribution in [0.4, 0.5) is 5.69 Å². The lowest BCUT2D eigenvalue weighted by Crippen LogP contribution is -2.13. The molecule has 4 aromatic rings. The number of aromatic hydroxyl groups is 1. The lowest BCUT2D eigenvalue weighted by molar-refractivity contribution is -0.112. The van der Waals surface area contributed by atoms with Gasteiger partial charge in [-0.1, -0.05) is 36.4 Å². The molecule has 6 nitrogen and oxygen atoms in total. The molecule has 174 valence electrons. The van der Waals surface area contributed by atoms with Crippen LogP contribution < -0.4 is 14.8 Å². The van der Waals surface area contributed by atoms with Crippen LogP contribution in [0.5, 0.6) is 17.2 Å². The highest BCUT2D eigenvalue weighted by Gasteiger charge is 2.14. The molecule has 4 aromatic carbocycles. The highest BCUT2D eigenvalue weighted by Crippen LogP contribution is 2.35. The third kappa shape index (κ3) is 5.91. The quantitative estimate of drug-likeness (QED) is 0.117. The summed E-state index contributed by atoms with van der Waals surface area (Å²) in [6.07, 6.45) is 1.49. The number of nitrogens with zero attached hydrogens (tertiary/aromatic N) is 1. The van der Waals surface area contributed by atoms with E-state index in [2.05, 4.69) is 52.2 Å². The van der Waals surface area contributed by atoms with E-state index in [1.54, 1.807) is 25.3 Å². The van der Waals surface area contributed by atoms with Gasteiger partial charge in [0.25, 0.3) is 5.91 Å². The molecule has 0 heterocycles. The topological polar surface area (TPSA) is 91.6 Å². The Hall–Kier alpha value is -4.03. The summed E-state index contributed by atoms with van der Waals surface area (Å²) in [5.74, 6) is 0.623. The van der Waals surface area contributed by atoms with Crippen molar-refractivity contribution in [3.8, 4) is 23.3 Å². The highest BCUT2D eigenvalue weighted by molar-refractivity contribution is 14.1. The van der Waals surface area contributed by atoms with Gasteiger partial charge in [-0.05, 0) is 93.0 Å². The Balaban J connectivity index is 1.53. The monoisotopic (exact) mass is 576 g/mol. The third-order valence-corrected chi connectivity index (χ3v) is 6.05. The number of amides is 1. The van der Waals surface area contributed by atoms with Gasteiger partial charge in [-0.2, -0.15) is 5.26 Å². The Kier molecular flexibility index (Phi) is 7.53. The summed E-state index contributed by atoms with van der Waals surface area (Å²) in [6, 6.07) is 25.8. The summed E-state index contributed by atoms with van der Waals surface area (Å²) >= 11 is 2.15. The van der Waals surface area contributed by atoms with Crippen LogP contribution in [-0.4, -0.2) is 18.1 Å². The van der Waals surface area contributed by atoms with E-state index in [4.69, 9.17) is 9.47 Å². The molecule has 0 radical (unpaired) electrons. The zero-order valence-electron chi connectivity index (χ0n) is 18.8. The standard InChI is InChI=1S/C28H21IN2O4/c1-34-26-15-19(13-22(16-30)28(33)31-23-8-10-24(32)11-9-23)14-25(29)27(26)35-17-18-6-7-20-4-2-3-5-21(20)12-18/h2-15,32H,17H2,1H3,(H,31,33)/b22-13+. The van der Waals surface area contributed by atoms with Crippen molar-refractivity contribution in [3.05, 3.63) is 99.1 Å². The number of hydrogen-bond donors (Lipinski definition) is 2. The van der Waals surface area contributed by atoms with Crippen LogP contribution in [0.3, 0.4) is 0 Å². The first-order valence-electron chi connectivity index (χ1n) is 10.7. The van der Waals surface area contributed by atoms with Gasteiger partial charge in [-0.15, -0.1) is 0 Å². The number of benzene rings is 4. The Morgan fingerprint density at radius 1 is 1.06 bits per heavy atom. The fraction of sp³-hybridized carbons (Fsp3) is 0.0714. The van der Waals surface area contributed by atoms with Gasteiger partial charge in [-0.3, -0.25) is 4.79 Å². The van der Waals surface area contributed by atoms with E-state index in [-0.39, 0.29) is 11.3 Å². The summed E-state index contributed by atoms with van der Waals surface area (Å²) in [5, 5.41) is 23.9. The molecule has 0 spiro atoms. The zero-order chi connectivity index (χ0) is 24.8. The lowest BCUT2D eigenvalue weighted by atomic mass is 10.1. The molecule has 4 rings (SSSR count). The van der Waals surface area contributed by atoms with Gasteiger partial charge in [0.2, 0.25) is 0 Å². The summed E-state index contributed by atoms with van der Waals surface area (Å²) in [7, 11) is 1.55. The fourth-order valence-electron chi connectivity index (χ4n) is 3.51. The van der Waals surface area contributed by atoms with Crippen LogP contribution in [0.25, 0.3) is 16.8 Å². The number of phenols is 1. The predicted molar refractivity (Wildman–Crippen MR) is 144 cm³/mol. The van der Waals surface area contributed by atoms with E-state index in [0.717, 1.165) is 14.5 Å². The number of carbonyl (C=O) groups excluding carboxylic acids is 1. The number of methoxy groups -OCH3 is 1. The normalized spacial score (nSPS) is 11.1. The number of rotatable bonds is 7. The SMILES string of the molecule is COc1cc(/C=C(\C#N)C(=O)Nc2ccc(O)cc2)cc(I)c1OCc1ccc2ccccc2c1. The smallest absolute Gasteiger partial charge is 0.266 e. The average Bonchev–Trinajstić information content (AvgIpc) is 2.87. The molecule has 0 aliphatic carbocycles. The second-order valence-corrected chi connectivity index (χ2v) is 8.84. The zero-order valence-corrected chi connectivity index (χ0v) is 20.9. The van der Waals surface area contributed by atoms with Crippen LogP contribution in [-0.2, 0) is 11.4 Å². The largest absolute Gasteiger partial charge is 0.508 e. The van der Waals surface area contributed by atoms with Gasteiger partial charge in [0.05, 0.1) is 10.7 Å². The van der Waals surface area contributed by atoms with E-state index in [1.807, 2.05) is 30.3 Å². The van der Waals surface area contributed by atoms with Crippen LogP contribution in [0.15, 0.2) is 84.4 Å². The summed E-state index contributed by atoms with van der Waals surface area (Å²) < 4.78 is 12.4.